The highest BCUT2D eigenvalue weighted by Gasteiger charge is 2.23. The van der Waals surface area contributed by atoms with Crippen molar-refractivity contribution >= 4 is 15.7 Å². The molecule has 3 aromatic rings. The molecule has 30 heavy (non-hydrogen) atoms. The van der Waals surface area contributed by atoms with Gasteiger partial charge in [-0.1, -0.05) is 49.2 Å². The second kappa shape index (κ2) is 8.85. The average molecular weight is 424 g/mol. The summed E-state index contributed by atoms with van der Waals surface area (Å²) in [5, 5.41) is 3.17. The number of hydrogen-bond donors (Lipinski definition) is 3. The zero-order chi connectivity index (χ0) is 21.0. The van der Waals surface area contributed by atoms with Gasteiger partial charge in [0.1, 0.15) is 0 Å². The highest BCUT2D eigenvalue weighted by atomic mass is 32.2. The number of aromatic amines is 1. The van der Waals surface area contributed by atoms with E-state index in [0.717, 1.165) is 36.8 Å². The van der Waals surface area contributed by atoms with E-state index < -0.39 is 10.0 Å². The summed E-state index contributed by atoms with van der Waals surface area (Å²) in [5.74, 6) is 0. The van der Waals surface area contributed by atoms with Crippen molar-refractivity contribution in [1.29, 1.82) is 0 Å². The van der Waals surface area contributed by atoms with E-state index in [9.17, 15) is 13.2 Å². The van der Waals surface area contributed by atoms with Crippen LogP contribution in [-0.4, -0.2) is 19.4 Å². The molecule has 4 rings (SSSR count). The number of benzene rings is 2. The molecule has 0 radical (unpaired) electrons. The fourth-order valence-corrected chi connectivity index (χ4v) is 5.11. The van der Waals surface area contributed by atoms with Crippen LogP contribution in [0.1, 0.15) is 31.2 Å². The molecule has 1 aliphatic carbocycles. The molecule has 0 spiro atoms. The molecule has 1 heterocycles. The first-order valence-corrected chi connectivity index (χ1v) is 11.6. The van der Waals surface area contributed by atoms with Crippen LogP contribution in [0.15, 0.2) is 76.6 Å². The van der Waals surface area contributed by atoms with Crippen LogP contribution in [0.5, 0.6) is 0 Å². The van der Waals surface area contributed by atoms with Gasteiger partial charge in [-0.2, -0.15) is 0 Å². The molecule has 0 amide bonds. The van der Waals surface area contributed by atoms with Crippen LogP contribution in [0.3, 0.4) is 0 Å². The summed E-state index contributed by atoms with van der Waals surface area (Å²) in [6.07, 6.45) is 5.59. The fourth-order valence-electron chi connectivity index (χ4n) is 3.76. The Morgan fingerprint density at radius 2 is 1.70 bits per heavy atom. The van der Waals surface area contributed by atoms with Gasteiger partial charge in [-0.05, 0) is 48.2 Å². The number of pyridine rings is 1. The van der Waals surface area contributed by atoms with Crippen LogP contribution in [-0.2, 0) is 16.6 Å². The zero-order valence-electron chi connectivity index (χ0n) is 16.6. The van der Waals surface area contributed by atoms with Crippen LogP contribution in [0.2, 0.25) is 0 Å². The molecule has 1 saturated carbocycles. The number of sulfonamides is 1. The van der Waals surface area contributed by atoms with Gasteiger partial charge >= 0.3 is 0 Å². The molecule has 7 heteroatoms. The van der Waals surface area contributed by atoms with Crippen molar-refractivity contribution in [2.75, 3.05) is 5.32 Å². The summed E-state index contributed by atoms with van der Waals surface area (Å²) < 4.78 is 28.1. The first kappa shape index (κ1) is 20.4. The number of nitrogens with one attached hydrogen (secondary N) is 3. The van der Waals surface area contributed by atoms with E-state index in [1.165, 1.54) is 0 Å². The third kappa shape index (κ3) is 4.80. The molecule has 156 valence electrons. The van der Waals surface area contributed by atoms with Gasteiger partial charge in [-0.3, -0.25) is 4.79 Å². The van der Waals surface area contributed by atoms with Crippen LogP contribution in [0.25, 0.3) is 11.1 Å². The van der Waals surface area contributed by atoms with Crippen molar-refractivity contribution in [2.45, 2.75) is 43.2 Å². The lowest BCUT2D eigenvalue weighted by atomic mass is 10.1. The minimum Gasteiger partial charge on any atom is -0.381 e. The monoisotopic (exact) mass is 423 g/mol. The summed E-state index contributed by atoms with van der Waals surface area (Å²) >= 11 is 0. The lowest BCUT2D eigenvalue weighted by Crippen LogP contribution is -2.32. The normalized spacial score (nSPS) is 14.7. The fraction of sp³-hybridized carbons (Fsp3) is 0.261. The molecule has 3 N–H and O–H groups in total. The standard InChI is InChI=1S/C23H25N3O3S/c27-23-19(13-18(15-25-23)17-7-2-1-3-8-17)16-24-21-11-6-12-22(14-21)30(28,29)26-20-9-4-5-10-20/h1-3,6-8,11-15,20,24,26H,4-5,9-10,16H2,(H,25,27). The van der Waals surface area contributed by atoms with Crippen molar-refractivity contribution in [2.24, 2.45) is 0 Å². The summed E-state index contributed by atoms with van der Waals surface area (Å²) in [7, 11) is -3.56. The maximum atomic E-state index is 12.7. The largest absolute Gasteiger partial charge is 0.381 e. The lowest BCUT2D eigenvalue weighted by molar-refractivity contribution is 0.552. The molecule has 1 fully saturated rings. The molecule has 0 unspecified atom stereocenters. The summed E-state index contributed by atoms with van der Waals surface area (Å²) in [6.45, 7) is 0.287. The van der Waals surface area contributed by atoms with Gasteiger partial charge in [-0.15, -0.1) is 0 Å². The third-order valence-electron chi connectivity index (χ3n) is 5.39. The van der Waals surface area contributed by atoms with Crippen molar-refractivity contribution in [3.63, 3.8) is 0 Å². The highest BCUT2D eigenvalue weighted by molar-refractivity contribution is 7.89. The molecule has 2 aromatic carbocycles. The second-order valence-corrected chi connectivity index (χ2v) is 9.31. The summed E-state index contributed by atoms with van der Waals surface area (Å²) in [5.41, 5.74) is 2.99. The maximum absolute atomic E-state index is 12.7. The zero-order valence-corrected chi connectivity index (χ0v) is 17.4. The smallest absolute Gasteiger partial charge is 0.252 e. The Bertz CT molecular complexity index is 1170. The first-order valence-electron chi connectivity index (χ1n) is 10.1. The van der Waals surface area contributed by atoms with Crippen molar-refractivity contribution in [3.05, 3.63) is 82.8 Å². The Balaban J connectivity index is 1.49. The van der Waals surface area contributed by atoms with Gasteiger partial charge in [0.05, 0.1) is 4.90 Å². The predicted molar refractivity (Wildman–Crippen MR) is 119 cm³/mol. The van der Waals surface area contributed by atoms with E-state index in [1.807, 2.05) is 36.4 Å². The quantitative estimate of drug-likeness (QED) is 0.538. The van der Waals surface area contributed by atoms with Gasteiger partial charge in [0.2, 0.25) is 10.0 Å². The Hall–Kier alpha value is -2.90. The van der Waals surface area contributed by atoms with Crippen LogP contribution in [0.4, 0.5) is 5.69 Å². The van der Waals surface area contributed by atoms with Crippen molar-refractivity contribution < 1.29 is 8.42 Å². The van der Waals surface area contributed by atoms with E-state index in [2.05, 4.69) is 15.0 Å². The SMILES string of the molecule is O=c1[nH]cc(-c2ccccc2)cc1CNc1cccc(S(=O)(=O)NC2CCCC2)c1. The van der Waals surface area contributed by atoms with E-state index in [-0.39, 0.29) is 23.0 Å². The third-order valence-corrected chi connectivity index (χ3v) is 6.91. The van der Waals surface area contributed by atoms with E-state index in [1.54, 1.807) is 30.5 Å². The summed E-state index contributed by atoms with van der Waals surface area (Å²) in [6, 6.07) is 18.4. The van der Waals surface area contributed by atoms with Crippen LogP contribution < -0.4 is 15.6 Å². The van der Waals surface area contributed by atoms with Gasteiger partial charge in [0.15, 0.2) is 0 Å². The Kier molecular flexibility index (Phi) is 6.01. The molecule has 0 aliphatic heterocycles. The summed E-state index contributed by atoms with van der Waals surface area (Å²) in [4.78, 5) is 15.2. The topological polar surface area (TPSA) is 91.1 Å². The lowest BCUT2D eigenvalue weighted by Gasteiger charge is -2.14. The molecule has 0 saturated heterocycles. The first-order chi connectivity index (χ1) is 14.5. The van der Waals surface area contributed by atoms with Gasteiger partial charge in [-0.25, -0.2) is 13.1 Å². The van der Waals surface area contributed by atoms with Crippen molar-refractivity contribution in [3.8, 4) is 11.1 Å². The van der Waals surface area contributed by atoms with Gasteiger partial charge < -0.3 is 10.3 Å². The average Bonchev–Trinajstić information content (AvgIpc) is 3.26. The Labute approximate surface area is 176 Å². The molecule has 1 aromatic heterocycles. The maximum Gasteiger partial charge on any atom is 0.252 e. The second-order valence-electron chi connectivity index (χ2n) is 7.59. The van der Waals surface area contributed by atoms with Gasteiger partial charge in [0, 0.05) is 30.0 Å². The number of hydrogen-bond acceptors (Lipinski definition) is 4. The Morgan fingerprint density at radius 3 is 2.47 bits per heavy atom. The molecule has 6 nitrogen and oxygen atoms in total. The Morgan fingerprint density at radius 1 is 0.933 bits per heavy atom. The van der Waals surface area contributed by atoms with Crippen molar-refractivity contribution in [1.82, 2.24) is 9.71 Å². The van der Waals surface area contributed by atoms with E-state index in [0.29, 0.717) is 11.3 Å². The van der Waals surface area contributed by atoms with E-state index in [4.69, 9.17) is 0 Å². The minimum absolute atomic E-state index is 0.0194. The highest BCUT2D eigenvalue weighted by Crippen LogP contribution is 2.22. The number of rotatable bonds is 7. The van der Waals surface area contributed by atoms with E-state index >= 15 is 0 Å². The van der Waals surface area contributed by atoms with Crippen LogP contribution in [0, 0.1) is 0 Å². The molecule has 1 aliphatic rings. The number of H-pyrrole nitrogens is 1. The predicted octanol–water partition coefficient (Wildman–Crippen LogP) is 3.87. The molecular weight excluding hydrogens is 398 g/mol. The van der Waals surface area contributed by atoms with Crippen LogP contribution >= 0.6 is 0 Å². The molecule has 0 bridgehead atoms. The minimum atomic E-state index is -3.56. The molecule has 0 atom stereocenters. The molecular formula is C23H25N3O3S. The number of anilines is 1. The van der Waals surface area contributed by atoms with Gasteiger partial charge in [0.25, 0.3) is 5.56 Å². The number of aromatic nitrogens is 1.